The smallest absolute Gasteiger partial charge is 0.209 e. The van der Waals surface area contributed by atoms with E-state index in [0.29, 0.717) is 18.5 Å². The lowest BCUT2D eigenvalue weighted by molar-refractivity contribution is 0.184. The molecule has 18 heavy (non-hydrogen) atoms. The second-order valence-electron chi connectivity index (χ2n) is 4.28. The minimum absolute atomic E-state index is 0.381. The third-order valence-electron chi connectivity index (χ3n) is 2.75. The Morgan fingerprint density at radius 3 is 3.11 bits per heavy atom. The van der Waals surface area contributed by atoms with Crippen LogP contribution in [0.25, 0.3) is 11.1 Å². The van der Waals surface area contributed by atoms with Crippen molar-refractivity contribution in [3.8, 4) is 0 Å². The van der Waals surface area contributed by atoms with Crippen molar-refractivity contribution in [2.45, 2.75) is 25.9 Å². The molecule has 0 aliphatic heterocycles. The van der Waals surface area contributed by atoms with E-state index in [0.717, 1.165) is 28.6 Å². The van der Waals surface area contributed by atoms with Crippen LogP contribution in [0.2, 0.25) is 0 Å². The van der Waals surface area contributed by atoms with Gasteiger partial charge in [-0.15, -0.1) is 0 Å². The predicted molar refractivity (Wildman–Crippen MR) is 74.5 cm³/mol. The first-order chi connectivity index (χ1) is 8.69. The van der Waals surface area contributed by atoms with Gasteiger partial charge in [-0.2, -0.15) is 0 Å². The van der Waals surface area contributed by atoms with Crippen LogP contribution in [0.3, 0.4) is 0 Å². The molecule has 5 heteroatoms. The zero-order valence-electron chi connectivity index (χ0n) is 10.6. The van der Waals surface area contributed by atoms with Gasteiger partial charge in [0.05, 0.1) is 6.54 Å². The Morgan fingerprint density at radius 1 is 1.50 bits per heavy atom. The van der Waals surface area contributed by atoms with Crippen LogP contribution < -0.4 is 5.32 Å². The van der Waals surface area contributed by atoms with Crippen molar-refractivity contribution in [2.75, 3.05) is 13.7 Å². The summed E-state index contributed by atoms with van der Waals surface area (Å²) in [5.74, 6) is 0.715. The molecule has 1 aromatic carbocycles. The molecule has 0 aliphatic carbocycles. The fraction of sp³-hybridized carbons (Fsp3) is 0.462. The molecule has 4 nitrogen and oxygen atoms in total. The Balaban J connectivity index is 1.95. The first-order valence-corrected chi connectivity index (χ1v) is 6.75. The lowest BCUT2D eigenvalue weighted by Crippen LogP contribution is -2.26. The predicted octanol–water partition coefficient (Wildman–Crippen LogP) is 3.10. The number of nitrogens with zero attached hydrogens (tertiary/aromatic N) is 1. The van der Waals surface area contributed by atoms with E-state index < -0.39 is 0 Å². The second kappa shape index (κ2) is 6.31. The number of methoxy groups -OCH3 is 1. The average Bonchev–Trinajstić information content (AvgIpc) is 2.75. The molecule has 0 fully saturated rings. The Kier molecular flexibility index (Phi) is 4.74. The van der Waals surface area contributed by atoms with Crippen LogP contribution in [0.15, 0.2) is 27.1 Å². The van der Waals surface area contributed by atoms with E-state index >= 15 is 0 Å². The van der Waals surface area contributed by atoms with Crippen LogP contribution in [-0.2, 0) is 11.3 Å². The van der Waals surface area contributed by atoms with Crippen molar-refractivity contribution in [1.82, 2.24) is 10.3 Å². The molecule has 0 saturated carbocycles. The zero-order valence-corrected chi connectivity index (χ0v) is 12.2. The van der Waals surface area contributed by atoms with E-state index in [2.05, 4.69) is 33.2 Å². The van der Waals surface area contributed by atoms with Crippen LogP contribution in [0.4, 0.5) is 0 Å². The normalized spacial score (nSPS) is 13.1. The molecule has 2 rings (SSSR count). The fourth-order valence-electron chi connectivity index (χ4n) is 1.68. The zero-order chi connectivity index (χ0) is 13.0. The van der Waals surface area contributed by atoms with Crippen molar-refractivity contribution in [3.05, 3.63) is 28.6 Å². The fourth-order valence-corrected chi connectivity index (χ4v) is 2.03. The summed E-state index contributed by atoms with van der Waals surface area (Å²) in [7, 11) is 1.71. The van der Waals surface area contributed by atoms with Crippen molar-refractivity contribution >= 4 is 27.0 Å². The van der Waals surface area contributed by atoms with Gasteiger partial charge in [-0.1, -0.05) is 15.9 Å². The Bertz CT molecular complexity index is 513. The van der Waals surface area contributed by atoms with Gasteiger partial charge in [0.15, 0.2) is 5.58 Å². The molecule has 0 amide bonds. The first-order valence-electron chi connectivity index (χ1n) is 5.96. The molecule has 0 spiro atoms. The number of fused-ring (bicyclic) bond motifs is 1. The van der Waals surface area contributed by atoms with Crippen LogP contribution in [0, 0.1) is 0 Å². The Morgan fingerprint density at radius 2 is 2.33 bits per heavy atom. The quantitative estimate of drug-likeness (QED) is 0.890. The summed E-state index contributed by atoms with van der Waals surface area (Å²) in [6.45, 7) is 3.52. The van der Waals surface area contributed by atoms with Crippen LogP contribution in [-0.4, -0.2) is 24.7 Å². The summed E-state index contributed by atoms with van der Waals surface area (Å²) in [6.07, 6.45) is 0.974. The van der Waals surface area contributed by atoms with Crippen molar-refractivity contribution in [2.24, 2.45) is 0 Å². The van der Waals surface area contributed by atoms with Crippen LogP contribution >= 0.6 is 15.9 Å². The SMILES string of the molecule is COCCC(C)NCc1nc2cc(Br)ccc2o1. The lowest BCUT2D eigenvalue weighted by atomic mass is 10.2. The van der Waals surface area contributed by atoms with Crippen molar-refractivity contribution < 1.29 is 9.15 Å². The second-order valence-corrected chi connectivity index (χ2v) is 5.20. The molecule has 0 bridgehead atoms. The first kappa shape index (κ1) is 13.5. The highest BCUT2D eigenvalue weighted by molar-refractivity contribution is 9.10. The molecule has 1 unspecified atom stereocenters. The van der Waals surface area contributed by atoms with E-state index in [4.69, 9.17) is 9.15 Å². The standard InChI is InChI=1S/C13H17BrN2O2/c1-9(5-6-17-2)15-8-13-16-11-7-10(14)3-4-12(11)18-13/h3-4,7,9,15H,5-6,8H2,1-2H3. The summed E-state index contributed by atoms with van der Waals surface area (Å²) in [5.41, 5.74) is 1.70. The van der Waals surface area contributed by atoms with Gasteiger partial charge in [0.25, 0.3) is 0 Å². The Labute approximate surface area is 115 Å². The maximum atomic E-state index is 5.65. The molecular weight excluding hydrogens is 296 g/mol. The number of ether oxygens (including phenoxy) is 1. The third-order valence-corrected chi connectivity index (χ3v) is 3.24. The number of rotatable bonds is 6. The molecule has 0 radical (unpaired) electrons. The minimum atomic E-state index is 0.381. The molecule has 1 N–H and O–H groups in total. The summed E-state index contributed by atoms with van der Waals surface area (Å²) >= 11 is 3.42. The van der Waals surface area contributed by atoms with Gasteiger partial charge in [0, 0.05) is 24.2 Å². The highest BCUT2D eigenvalue weighted by Gasteiger charge is 2.07. The minimum Gasteiger partial charge on any atom is -0.439 e. The van der Waals surface area contributed by atoms with E-state index in [9.17, 15) is 0 Å². The number of hydrogen-bond donors (Lipinski definition) is 1. The molecule has 1 atom stereocenters. The van der Waals surface area contributed by atoms with Crippen LogP contribution in [0.1, 0.15) is 19.2 Å². The van der Waals surface area contributed by atoms with Gasteiger partial charge < -0.3 is 14.5 Å². The number of nitrogens with one attached hydrogen (secondary N) is 1. The summed E-state index contributed by atoms with van der Waals surface area (Å²) in [6, 6.07) is 6.21. The van der Waals surface area contributed by atoms with E-state index in [1.807, 2.05) is 18.2 Å². The summed E-state index contributed by atoms with van der Waals surface area (Å²) < 4.78 is 11.7. The maximum Gasteiger partial charge on any atom is 0.209 e. The summed E-state index contributed by atoms with van der Waals surface area (Å²) in [4.78, 5) is 4.44. The number of hydrogen-bond acceptors (Lipinski definition) is 4. The van der Waals surface area contributed by atoms with Crippen molar-refractivity contribution in [1.29, 1.82) is 0 Å². The molecular formula is C13H17BrN2O2. The Hall–Kier alpha value is -0.910. The number of halogens is 1. The van der Waals surface area contributed by atoms with Gasteiger partial charge in [-0.3, -0.25) is 0 Å². The van der Waals surface area contributed by atoms with Gasteiger partial charge in [0.1, 0.15) is 5.52 Å². The van der Waals surface area contributed by atoms with E-state index in [1.165, 1.54) is 0 Å². The highest BCUT2D eigenvalue weighted by atomic mass is 79.9. The van der Waals surface area contributed by atoms with Gasteiger partial charge in [0.2, 0.25) is 5.89 Å². The van der Waals surface area contributed by atoms with Gasteiger partial charge >= 0.3 is 0 Å². The monoisotopic (exact) mass is 312 g/mol. The van der Waals surface area contributed by atoms with E-state index in [1.54, 1.807) is 7.11 Å². The van der Waals surface area contributed by atoms with Crippen LogP contribution in [0.5, 0.6) is 0 Å². The number of benzene rings is 1. The summed E-state index contributed by atoms with van der Waals surface area (Å²) in [5, 5.41) is 3.36. The van der Waals surface area contributed by atoms with Crippen molar-refractivity contribution in [3.63, 3.8) is 0 Å². The average molecular weight is 313 g/mol. The molecule has 1 aromatic heterocycles. The van der Waals surface area contributed by atoms with E-state index in [-0.39, 0.29) is 0 Å². The third kappa shape index (κ3) is 3.54. The topological polar surface area (TPSA) is 47.3 Å². The molecule has 2 aromatic rings. The molecule has 98 valence electrons. The van der Waals surface area contributed by atoms with Gasteiger partial charge in [-0.05, 0) is 31.5 Å². The number of aromatic nitrogens is 1. The molecule has 0 aliphatic rings. The maximum absolute atomic E-state index is 5.65. The van der Waals surface area contributed by atoms with Gasteiger partial charge in [-0.25, -0.2) is 4.98 Å². The number of oxazole rings is 1. The largest absolute Gasteiger partial charge is 0.439 e. The molecule has 1 heterocycles. The molecule has 0 saturated heterocycles. The lowest BCUT2D eigenvalue weighted by Gasteiger charge is -2.10. The highest BCUT2D eigenvalue weighted by Crippen LogP contribution is 2.20.